The minimum Gasteiger partial charge on any atom is -0.390 e. The van der Waals surface area contributed by atoms with Gasteiger partial charge in [-0.1, -0.05) is 18.3 Å². The minimum absolute atomic E-state index is 0.273. The number of aryl methyl sites for hydroxylation is 1. The number of benzene rings is 1. The number of aliphatic hydroxyl groups is 1. The largest absolute Gasteiger partial charge is 0.390 e. The van der Waals surface area contributed by atoms with Crippen LogP contribution in [0, 0.1) is 11.6 Å². The topological polar surface area (TPSA) is 50.4 Å². The molecule has 7 heteroatoms. The van der Waals surface area contributed by atoms with Gasteiger partial charge in [0.05, 0.1) is 18.0 Å². The zero-order chi connectivity index (χ0) is 15.0. The van der Waals surface area contributed by atoms with E-state index in [0.717, 1.165) is 30.0 Å². The smallest absolute Gasteiger partial charge is 0.213 e. The number of nitrogens with zero attached hydrogens (tertiary/aromatic N) is 3. The molecule has 110 valence electrons. The van der Waals surface area contributed by atoms with Crippen LogP contribution in [-0.2, 0) is 13.0 Å². The van der Waals surface area contributed by atoms with E-state index in [4.69, 9.17) is 0 Å². The maximum Gasteiger partial charge on any atom is 0.213 e. The second-order valence-corrected chi connectivity index (χ2v) is 5.67. The molecule has 0 aliphatic heterocycles. The van der Waals surface area contributed by atoms with Gasteiger partial charge in [-0.25, -0.2) is 18.3 Å². The van der Waals surface area contributed by atoms with Gasteiger partial charge in [0.15, 0.2) is 11.6 Å². The van der Waals surface area contributed by atoms with Gasteiger partial charge in [0.2, 0.25) is 4.96 Å². The van der Waals surface area contributed by atoms with Crippen LogP contribution >= 0.6 is 11.3 Å². The standard InChI is InChI=1S/C14H13F2N3OS/c1-2-3-12-18-19-11(7-20)13(17-14(19)21-12)8-4-5-9(15)10(16)6-8/h4-6,20H,2-3,7H2,1H3. The SMILES string of the molecule is CCCc1nn2c(CO)c(-c3ccc(F)c(F)c3)nc2s1. The van der Waals surface area contributed by atoms with E-state index in [1.54, 1.807) is 4.52 Å². The second-order valence-electron chi connectivity index (χ2n) is 4.63. The van der Waals surface area contributed by atoms with E-state index in [1.165, 1.54) is 17.4 Å². The number of aliphatic hydroxyl groups excluding tert-OH is 1. The Kier molecular flexibility index (Phi) is 3.69. The van der Waals surface area contributed by atoms with E-state index in [1.807, 2.05) is 0 Å². The summed E-state index contributed by atoms with van der Waals surface area (Å²) in [5, 5.41) is 14.9. The lowest BCUT2D eigenvalue weighted by Gasteiger charge is -2.01. The predicted molar refractivity (Wildman–Crippen MR) is 76.1 cm³/mol. The van der Waals surface area contributed by atoms with E-state index < -0.39 is 11.6 Å². The zero-order valence-electron chi connectivity index (χ0n) is 11.3. The van der Waals surface area contributed by atoms with Gasteiger partial charge in [-0.05, 0) is 24.6 Å². The molecule has 0 fully saturated rings. The molecule has 0 atom stereocenters. The van der Waals surface area contributed by atoms with Crippen LogP contribution in [0.15, 0.2) is 18.2 Å². The van der Waals surface area contributed by atoms with Crippen LogP contribution in [0.1, 0.15) is 24.0 Å². The van der Waals surface area contributed by atoms with Crippen LogP contribution in [-0.4, -0.2) is 19.7 Å². The van der Waals surface area contributed by atoms with Crippen LogP contribution in [0.4, 0.5) is 8.78 Å². The molecule has 0 saturated carbocycles. The van der Waals surface area contributed by atoms with E-state index in [0.29, 0.717) is 21.9 Å². The number of fused-ring (bicyclic) bond motifs is 1. The molecule has 3 rings (SSSR count). The van der Waals surface area contributed by atoms with Crippen LogP contribution < -0.4 is 0 Å². The molecule has 1 aromatic carbocycles. The highest BCUT2D eigenvalue weighted by molar-refractivity contribution is 7.16. The fraction of sp³-hybridized carbons (Fsp3) is 0.286. The summed E-state index contributed by atoms with van der Waals surface area (Å²) in [5.74, 6) is -1.85. The van der Waals surface area contributed by atoms with Crippen molar-refractivity contribution >= 4 is 16.3 Å². The molecule has 0 saturated heterocycles. The molecule has 2 heterocycles. The molecule has 2 aromatic heterocycles. The van der Waals surface area contributed by atoms with Gasteiger partial charge in [0.1, 0.15) is 5.01 Å². The molecule has 0 radical (unpaired) electrons. The Labute approximate surface area is 123 Å². The molecular weight excluding hydrogens is 296 g/mol. The molecule has 0 spiro atoms. The van der Waals surface area contributed by atoms with Gasteiger partial charge in [-0.15, -0.1) is 0 Å². The molecule has 0 aliphatic carbocycles. The fourth-order valence-corrected chi connectivity index (χ4v) is 3.17. The summed E-state index contributed by atoms with van der Waals surface area (Å²) in [7, 11) is 0. The zero-order valence-corrected chi connectivity index (χ0v) is 12.1. The summed E-state index contributed by atoms with van der Waals surface area (Å²) >= 11 is 1.44. The number of hydrogen-bond donors (Lipinski definition) is 1. The Balaban J connectivity index is 2.13. The average molecular weight is 309 g/mol. The summed E-state index contributed by atoms with van der Waals surface area (Å²) in [4.78, 5) is 5.04. The molecule has 0 bridgehead atoms. The van der Waals surface area contributed by atoms with Crippen molar-refractivity contribution in [1.82, 2.24) is 14.6 Å². The van der Waals surface area contributed by atoms with Gasteiger partial charge >= 0.3 is 0 Å². The van der Waals surface area contributed by atoms with Crippen molar-refractivity contribution < 1.29 is 13.9 Å². The lowest BCUT2D eigenvalue weighted by atomic mass is 10.1. The molecule has 3 aromatic rings. The third-order valence-corrected chi connectivity index (χ3v) is 4.11. The Bertz CT molecular complexity index is 797. The number of hydrogen-bond acceptors (Lipinski definition) is 4. The quantitative estimate of drug-likeness (QED) is 0.805. The van der Waals surface area contributed by atoms with Crippen molar-refractivity contribution in [2.45, 2.75) is 26.4 Å². The maximum atomic E-state index is 13.4. The number of halogens is 2. The summed E-state index contributed by atoms with van der Waals surface area (Å²) in [6, 6.07) is 3.57. The number of rotatable bonds is 4. The normalized spacial score (nSPS) is 11.4. The van der Waals surface area contributed by atoms with Crippen LogP contribution in [0.25, 0.3) is 16.2 Å². The second kappa shape index (κ2) is 5.50. The summed E-state index contributed by atoms with van der Waals surface area (Å²) in [6.45, 7) is 1.79. The molecular formula is C14H13F2N3OS. The first-order valence-corrected chi connectivity index (χ1v) is 7.39. The van der Waals surface area contributed by atoms with Crippen molar-refractivity contribution in [2.75, 3.05) is 0 Å². The lowest BCUT2D eigenvalue weighted by molar-refractivity contribution is 0.275. The lowest BCUT2D eigenvalue weighted by Crippen LogP contribution is -1.97. The first-order chi connectivity index (χ1) is 10.1. The Morgan fingerprint density at radius 2 is 2.10 bits per heavy atom. The van der Waals surface area contributed by atoms with Crippen molar-refractivity contribution in [3.63, 3.8) is 0 Å². The fourth-order valence-electron chi connectivity index (χ4n) is 2.16. The van der Waals surface area contributed by atoms with Crippen molar-refractivity contribution in [3.05, 3.63) is 40.5 Å². The Morgan fingerprint density at radius 3 is 2.76 bits per heavy atom. The maximum absolute atomic E-state index is 13.4. The summed E-state index contributed by atoms with van der Waals surface area (Å²) in [5.41, 5.74) is 1.33. The van der Waals surface area contributed by atoms with E-state index in [2.05, 4.69) is 17.0 Å². The Hall–Kier alpha value is -1.86. The molecule has 0 unspecified atom stereocenters. The summed E-state index contributed by atoms with van der Waals surface area (Å²) < 4.78 is 28.0. The number of aromatic nitrogens is 3. The minimum atomic E-state index is -0.938. The predicted octanol–water partition coefficient (Wildman–Crippen LogP) is 3.18. The molecule has 4 nitrogen and oxygen atoms in total. The van der Waals surface area contributed by atoms with Crippen LogP contribution in [0.5, 0.6) is 0 Å². The van der Waals surface area contributed by atoms with Crippen LogP contribution in [0.3, 0.4) is 0 Å². The van der Waals surface area contributed by atoms with Gasteiger partial charge in [0, 0.05) is 12.0 Å². The first kappa shape index (κ1) is 14.1. The Morgan fingerprint density at radius 1 is 1.29 bits per heavy atom. The third-order valence-electron chi connectivity index (χ3n) is 3.14. The molecule has 0 amide bonds. The van der Waals surface area contributed by atoms with Crippen LogP contribution in [0.2, 0.25) is 0 Å². The highest BCUT2D eigenvalue weighted by Crippen LogP contribution is 2.28. The van der Waals surface area contributed by atoms with Gasteiger partial charge in [-0.3, -0.25) is 0 Å². The summed E-state index contributed by atoms with van der Waals surface area (Å²) in [6.07, 6.45) is 1.82. The first-order valence-electron chi connectivity index (χ1n) is 6.57. The molecule has 0 aliphatic rings. The number of imidazole rings is 1. The van der Waals surface area contributed by atoms with Crippen molar-refractivity contribution in [1.29, 1.82) is 0 Å². The van der Waals surface area contributed by atoms with Crippen molar-refractivity contribution in [2.24, 2.45) is 0 Å². The highest BCUT2D eigenvalue weighted by Gasteiger charge is 2.18. The molecule has 1 N–H and O–H groups in total. The van der Waals surface area contributed by atoms with E-state index in [-0.39, 0.29) is 6.61 Å². The van der Waals surface area contributed by atoms with E-state index in [9.17, 15) is 13.9 Å². The van der Waals surface area contributed by atoms with E-state index >= 15 is 0 Å². The third kappa shape index (κ3) is 2.43. The van der Waals surface area contributed by atoms with Gasteiger partial charge < -0.3 is 5.11 Å². The van der Waals surface area contributed by atoms with Gasteiger partial charge in [0.25, 0.3) is 0 Å². The van der Waals surface area contributed by atoms with Crippen molar-refractivity contribution in [3.8, 4) is 11.3 Å². The monoisotopic (exact) mass is 309 g/mol. The molecule has 21 heavy (non-hydrogen) atoms. The van der Waals surface area contributed by atoms with Gasteiger partial charge in [-0.2, -0.15) is 5.10 Å². The average Bonchev–Trinajstić information content (AvgIpc) is 2.99. The highest BCUT2D eigenvalue weighted by atomic mass is 32.1.